The zero-order chi connectivity index (χ0) is 21.2. The number of methoxy groups -OCH3 is 1. The van der Waals surface area contributed by atoms with Crippen molar-refractivity contribution in [2.45, 2.75) is 58.8 Å². The van der Waals surface area contributed by atoms with Crippen LogP contribution in [0.25, 0.3) is 6.08 Å². The largest absolute Gasteiger partial charge is 0.478 e. The number of furan rings is 1. The molecule has 1 N–H and O–H groups in total. The van der Waals surface area contributed by atoms with E-state index in [1.54, 1.807) is 6.26 Å². The lowest BCUT2D eigenvalue weighted by Gasteiger charge is -2.57. The van der Waals surface area contributed by atoms with Crippen molar-refractivity contribution >= 4 is 18.0 Å². The van der Waals surface area contributed by atoms with Crippen LogP contribution in [0.15, 0.2) is 35.0 Å². The molecule has 0 aliphatic heterocycles. The van der Waals surface area contributed by atoms with Gasteiger partial charge in [0.2, 0.25) is 0 Å². The summed E-state index contributed by atoms with van der Waals surface area (Å²) in [5.74, 6) is 0.112. The third-order valence-electron chi connectivity index (χ3n) is 7.53. The Morgan fingerprint density at radius 2 is 2.14 bits per heavy atom. The van der Waals surface area contributed by atoms with Gasteiger partial charge in [0, 0.05) is 6.08 Å². The fraction of sp³-hybridized carbons (Fsp3) is 0.583. The van der Waals surface area contributed by atoms with Gasteiger partial charge in [-0.3, -0.25) is 4.79 Å². The van der Waals surface area contributed by atoms with Gasteiger partial charge in [-0.05, 0) is 80.4 Å². The maximum Gasteiger partial charge on any atom is 0.328 e. The van der Waals surface area contributed by atoms with Gasteiger partial charge in [-0.25, -0.2) is 4.79 Å². The Morgan fingerprint density at radius 3 is 2.83 bits per heavy atom. The molecule has 0 spiro atoms. The van der Waals surface area contributed by atoms with Crippen LogP contribution in [-0.2, 0) is 20.7 Å². The number of hydrogen-bond acceptors (Lipinski definition) is 4. The lowest BCUT2D eigenvalue weighted by Crippen LogP contribution is -2.53. The molecule has 5 nitrogen and oxygen atoms in total. The lowest BCUT2D eigenvalue weighted by atomic mass is 9.46. The number of carbonyl (C=O) groups excluding carboxylic acids is 1. The zero-order valence-corrected chi connectivity index (χ0v) is 17.7. The molecule has 5 heteroatoms. The van der Waals surface area contributed by atoms with E-state index in [0.717, 1.165) is 56.6 Å². The molecule has 1 aromatic rings. The number of rotatable bonds is 6. The molecule has 0 radical (unpaired) electrons. The Labute approximate surface area is 172 Å². The molecule has 3 rings (SSSR count). The molecular weight excluding hydrogens is 368 g/mol. The first-order valence-electron chi connectivity index (χ1n) is 10.5. The Balaban J connectivity index is 1.82. The van der Waals surface area contributed by atoms with E-state index in [0.29, 0.717) is 11.7 Å². The summed E-state index contributed by atoms with van der Waals surface area (Å²) in [6.45, 7) is 8.80. The average molecular weight is 401 g/mol. The number of aliphatic carboxylic acids is 1. The fourth-order valence-electron chi connectivity index (χ4n) is 6.11. The highest BCUT2D eigenvalue weighted by Gasteiger charge is 2.57. The number of ether oxygens (including phenoxy) is 1. The second-order valence-electron chi connectivity index (χ2n) is 9.09. The molecule has 0 saturated heterocycles. The molecule has 0 bridgehead atoms. The van der Waals surface area contributed by atoms with Crippen LogP contribution in [0, 0.1) is 22.7 Å². The average Bonchev–Trinajstić information content (AvgIpc) is 3.12. The summed E-state index contributed by atoms with van der Waals surface area (Å²) in [5, 5.41) is 8.87. The molecule has 2 saturated carbocycles. The number of fused-ring (bicyclic) bond motifs is 1. The van der Waals surface area contributed by atoms with E-state index >= 15 is 0 Å². The first-order valence-corrected chi connectivity index (χ1v) is 10.5. The van der Waals surface area contributed by atoms with Crippen LogP contribution in [0.5, 0.6) is 0 Å². The Hall–Kier alpha value is -2.30. The highest BCUT2D eigenvalue weighted by atomic mass is 16.5. The highest BCUT2D eigenvalue weighted by Crippen LogP contribution is 2.62. The van der Waals surface area contributed by atoms with E-state index < -0.39 is 11.4 Å². The van der Waals surface area contributed by atoms with Crippen molar-refractivity contribution in [1.82, 2.24) is 0 Å². The van der Waals surface area contributed by atoms with Crippen molar-refractivity contribution in [3.8, 4) is 0 Å². The van der Waals surface area contributed by atoms with Crippen LogP contribution in [0.1, 0.15) is 63.7 Å². The summed E-state index contributed by atoms with van der Waals surface area (Å²) in [6.07, 6.45) is 10.8. The van der Waals surface area contributed by atoms with E-state index in [4.69, 9.17) is 14.3 Å². The normalized spacial score (nSPS) is 32.2. The number of allylic oxidation sites excluding steroid dienone is 1. The fourth-order valence-corrected chi connectivity index (χ4v) is 6.11. The summed E-state index contributed by atoms with van der Waals surface area (Å²) >= 11 is 0. The van der Waals surface area contributed by atoms with Crippen LogP contribution in [0.2, 0.25) is 0 Å². The van der Waals surface area contributed by atoms with Crippen molar-refractivity contribution in [2.24, 2.45) is 22.7 Å². The van der Waals surface area contributed by atoms with Crippen LogP contribution in [-0.4, -0.2) is 24.2 Å². The molecule has 158 valence electrons. The minimum atomic E-state index is -0.993. The van der Waals surface area contributed by atoms with E-state index in [1.165, 1.54) is 18.8 Å². The third-order valence-corrected chi connectivity index (χ3v) is 7.53. The summed E-state index contributed by atoms with van der Waals surface area (Å²) in [5.41, 5.74) is 1.85. The summed E-state index contributed by atoms with van der Waals surface area (Å²) < 4.78 is 10.7. The number of hydrogen-bond donors (Lipinski definition) is 1. The Bertz CT molecular complexity index is 819. The number of carbonyl (C=O) groups is 2. The van der Waals surface area contributed by atoms with Gasteiger partial charge < -0.3 is 14.3 Å². The molecule has 1 aromatic heterocycles. The summed E-state index contributed by atoms with van der Waals surface area (Å²) in [4.78, 5) is 23.5. The minimum absolute atomic E-state index is 0.0112. The van der Waals surface area contributed by atoms with Gasteiger partial charge in [-0.1, -0.05) is 25.5 Å². The van der Waals surface area contributed by atoms with Gasteiger partial charge in [-0.2, -0.15) is 0 Å². The van der Waals surface area contributed by atoms with E-state index in [-0.39, 0.29) is 17.3 Å². The molecule has 4 atom stereocenters. The van der Waals surface area contributed by atoms with Gasteiger partial charge in [0.25, 0.3) is 0 Å². The summed E-state index contributed by atoms with van der Waals surface area (Å²) in [7, 11) is 1.49. The van der Waals surface area contributed by atoms with Crippen LogP contribution < -0.4 is 0 Å². The van der Waals surface area contributed by atoms with Crippen molar-refractivity contribution in [3.05, 3.63) is 41.9 Å². The number of aryl methyl sites for hydroxylation is 1. The van der Waals surface area contributed by atoms with Crippen LogP contribution in [0.3, 0.4) is 0 Å². The predicted octanol–water partition coefficient (Wildman–Crippen LogP) is 5.26. The van der Waals surface area contributed by atoms with Crippen LogP contribution >= 0.6 is 0 Å². The first-order chi connectivity index (χ1) is 13.7. The van der Waals surface area contributed by atoms with Gasteiger partial charge in [0.1, 0.15) is 5.76 Å². The number of esters is 1. The molecule has 0 amide bonds. The molecule has 1 heterocycles. The molecule has 2 fully saturated rings. The van der Waals surface area contributed by atoms with E-state index in [9.17, 15) is 9.59 Å². The van der Waals surface area contributed by atoms with Crippen molar-refractivity contribution in [2.75, 3.05) is 7.11 Å². The highest BCUT2D eigenvalue weighted by molar-refractivity contribution is 5.85. The third kappa shape index (κ3) is 3.92. The lowest BCUT2D eigenvalue weighted by molar-refractivity contribution is -0.168. The molecule has 2 aliphatic carbocycles. The Morgan fingerprint density at radius 1 is 1.38 bits per heavy atom. The molecule has 2 aliphatic rings. The molecular formula is C24H32O5. The maximum absolute atomic E-state index is 12.7. The second kappa shape index (κ2) is 8.21. The predicted molar refractivity (Wildman–Crippen MR) is 111 cm³/mol. The number of carboxylic acids is 1. The van der Waals surface area contributed by atoms with E-state index in [1.807, 2.05) is 6.07 Å². The monoisotopic (exact) mass is 400 g/mol. The zero-order valence-electron chi connectivity index (χ0n) is 17.7. The van der Waals surface area contributed by atoms with Gasteiger partial charge in [0.15, 0.2) is 0 Å². The van der Waals surface area contributed by atoms with Gasteiger partial charge in [0.05, 0.1) is 18.8 Å². The topological polar surface area (TPSA) is 76.7 Å². The molecule has 4 unspecified atom stereocenters. The smallest absolute Gasteiger partial charge is 0.328 e. The quantitative estimate of drug-likeness (QED) is 0.400. The standard InChI is InChI=1S/C24H32O5/c1-16-6-10-20-23(2,13-5-14-24(20,3)22(27)28-4)18(16)8-7-17-12-15-29-19(17)9-11-21(25)26/h9,11-12,15,18,20H,1,5-8,10,13-14H2,2-4H3,(H,25,26). The molecule has 0 aromatic carbocycles. The van der Waals surface area contributed by atoms with E-state index in [2.05, 4.69) is 20.4 Å². The number of carboxylic acid groups (broad SMARTS) is 1. The maximum atomic E-state index is 12.7. The van der Waals surface area contributed by atoms with Crippen molar-refractivity contribution in [3.63, 3.8) is 0 Å². The van der Waals surface area contributed by atoms with Crippen molar-refractivity contribution < 1.29 is 23.8 Å². The second-order valence-corrected chi connectivity index (χ2v) is 9.09. The first kappa shape index (κ1) is 21.4. The van der Waals surface area contributed by atoms with Gasteiger partial charge >= 0.3 is 11.9 Å². The van der Waals surface area contributed by atoms with Gasteiger partial charge in [-0.15, -0.1) is 0 Å². The minimum Gasteiger partial charge on any atom is -0.478 e. The Kier molecular flexibility index (Phi) is 6.06. The van der Waals surface area contributed by atoms with Crippen molar-refractivity contribution in [1.29, 1.82) is 0 Å². The SMILES string of the molecule is C=C1CCC2C(C)(C(=O)OC)CCCC2(C)C1CCc1ccoc1C=CC(=O)O. The van der Waals surface area contributed by atoms with Crippen LogP contribution in [0.4, 0.5) is 0 Å². The molecule has 29 heavy (non-hydrogen) atoms. The summed E-state index contributed by atoms with van der Waals surface area (Å²) in [6, 6.07) is 1.91.